The number of carbonyl (C=O) groups is 1. The number of pyridine rings is 1. The second-order valence-corrected chi connectivity index (χ2v) is 8.18. The van der Waals surface area contributed by atoms with Crippen molar-refractivity contribution in [2.24, 2.45) is 0 Å². The molecular weight excluding hydrogens is 441 g/mol. The van der Waals surface area contributed by atoms with E-state index in [4.69, 9.17) is 4.74 Å². The Balaban J connectivity index is 2.10. The molecule has 0 saturated heterocycles. The molecule has 11 heteroatoms. The van der Waals surface area contributed by atoms with E-state index < -0.39 is 53.0 Å². The number of hydrogen-bond acceptors (Lipinski definition) is 5. The van der Waals surface area contributed by atoms with Gasteiger partial charge in [0.15, 0.2) is 0 Å². The molecule has 0 aliphatic carbocycles. The lowest BCUT2D eigenvalue weighted by Gasteiger charge is -2.25. The molecule has 0 radical (unpaired) electrons. The smallest absolute Gasteiger partial charge is 0.329 e. The number of rotatable bonds is 7. The van der Waals surface area contributed by atoms with Crippen LogP contribution in [0.15, 0.2) is 40.1 Å². The SMILES string of the molecule is COc1cccc2[nH]c(=O)n([C@H](CC(C)(C)F)C(=O)N[C@H](C)c3ncc(F)cc3F)c(=O)c12. The zero-order chi connectivity index (χ0) is 24.5. The Morgan fingerprint density at radius 2 is 2.00 bits per heavy atom. The van der Waals surface area contributed by atoms with Crippen LogP contribution in [0.25, 0.3) is 10.9 Å². The maximum Gasteiger partial charge on any atom is 0.329 e. The third kappa shape index (κ3) is 5.07. The summed E-state index contributed by atoms with van der Waals surface area (Å²) in [5.74, 6) is -2.64. The molecular formula is C22H23F3N4O4. The van der Waals surface area contributed by atoms with E-state index in [2.05, 4.69) is 15.3 Å². The summed E-state index contributed by atoms with van der Waals surface area (Å²) in [6.07, 6.45) is 0.253. The third-order valence-electron chi connectivity index (χ3n) is 5.04. The van der Waals surface area contributed by atoms with Gasteiger partial charge in [0.2, 0.25) is 5.91 Å². The van der Waals surface area contributed by atoms with Crippen LogP contribution in [-0.2, 0) is 4.79 Å². The number of methoxy groups -OCH3 is 1. The van der Waals surface area contributed by atoms with Gasteiger partial charge < -0.3 is 15.0 Å². The number of nitrogens with one attached hydrogen (secondary N) is 2. The third-order valence-corrected chi connectivity index (χ3v) is 5.04. The summed E-state index contributed by atoms with van der Waals surface area (Å²) >= 11 is 0. The van der Waals surface area contributed by atoms with Crippen molar-refractivity contribution in [2.75, 3.05) is 7.11 Å². The van der Waals surface area contributed by atoms with Crippen molar-refractivity contribution in [3.63, 3.8) is 0 Å². The number of H-pyrrole nitrogens is 1. The minimum absolute atomic E-state index is 0.00774. The maximum absolute atomic E-state index is 14.6. The highest BCUT2D eigenvalue weighted by molar-refractivity contribution is 5.85. The lowest BCUT2D eigenvalue weighted by Crippen LogP contribution is -2.47. The highest BCUT2D eigenvalue weighted by atomic mass is 19.1. The molecule has 3 aromatic rings. The number of fused-ring (bicyclic) bond motifs is 1. The van der Waals surface area contributed by atoms with Crippen LogP contribution in [0.5, 0.6) is 5.75 Å². The first-order chi connectivity index (χ1) is 15.4. The summed E-state index contributed by atoms with van der Waals surface area (Å²) in [5.41, 5.74) is -3.81. The minimum Gasteiger partial charge on any atom is -0.496 e. The van der Waals surface area contributed by atoms with Gasteiger partial charge in [0.1, 0.15) is 34.5 Å². The Morgan fingerprint density at radius 1 is 1.30 bits per heavy atom. The highest BCUT2D eigenvalue weighted by Crippen LogP contribution is 2.26. The lowest BCUT2D eigenvalue weighted by molar-refractivity contribution is -0.126. The molecule has 0 bridgehead atoms. The van der Waals surface area contributed by atoms with Crippen molar-refractivity contribution >= 4 is 16.8 Å². The Labute approximate surface area is 186 Å². The van der Waals surface area contributed by atoms with E-state index in [-0.39, 0.29) is 22.3 Å². The molecule has 1 aromatic carbocycles. The van der Waals surface area contributed by atoms with Crippen molar-refractivity contribution in [3.8, 4) is 5.75 Å². The van der Waals surface area contributed by atoms with Gasteiger partial charge in [0.05, 0.1) is 30.6 Å². The van der Waals surface area contributed by atoms with Crippen LogP contribution in [0.4, 0.5) is 13.2 Å². The minimum atomic E-state index is -1.95. The average Bonchev–Trinajstić information content (AvgIpc) is 2.71. The molecule has 2 heterocycles. The Hall–Kier alpha value is -3.63. The first-order valence-corrected chi connectivity index (χ1v) is 10.0. The van der Waals surface area contributed by atoms with E-state index >= 15 is 0 Å². The Morgan fingerprint density at radius 3 is 2.61 bits per heavy atom. The zero-order valence-corrected chi connectivity index (χ0v) is 18.4. The van der Waals surface area contributed by atoms with E-state index in [1.54, 1.807) is 6.07 Å². The van der Waals surface area contributed by atoms with Crippen molar-refractivity contribution in [2.45, 2.75) is 44.9 Å². The number of amides is 1. The van der Waals surface area contributed by atoms with Gasteiger partial charge in [-0.05, 0) is 32.9 Å². The second kappa shape index (κ2) is 9.08. The van der Waals surface area contributed by atoms with Crippen LogP contribution in [0, 0.1) is 11.6 Å². The second-order valence-electron chi connectivity index (χ2n) is 8.18. The fraction of sp³-hybridized carbons (Fsp3) is 0.364. The first-order valence-electron chi connectivity index (χ1n) is 10.0. The molecule has 8 nitrogen and oxygen atoms in total. The van der Waals surface area contributed by atoms with Crippen LogP contribution in [0.3, 0.4) is 0 Å². The van der Waals surface area contributed by atoms with E-state index in [1.807, 2.05) is 0 Å². The van der Waals surface area contributed by atoms with Gasteiger partial charge in [-0.2, -0.15) is 0 Å². The van der Waals surface area contributed by atoms with Crippen molar-refractivity contribution in [3.05, 3.63) is 68.6 Å². The van der Waals surface area contributed by atoms with Crippen LogP contribution in [0.1, 0.15) is 45.0 Å². The lowest BCUT2D eigenvalue weighted by atomic mass is 9.99. The van der Waals surface area contributed by atoms with Gasteiger partial charge in [-0.3, -0.25) is 14.6 Å². The summed E-state index contributed by atoms with van der Waals surface area (Å²) in [4.78, 5) is 45.3. The number of hydrogen-bond donors (Lipinski definition) is 2. The average molecular weight is 464 g/mol. The monoisotopic (exact) mass is 464 g/mol. The largest absolute Gasteiger partial charge is 0.496 e. The van der Waals surface area contributed by atoms with Crippen LogP contribution >= 0.6 is 0 Å². The van der Waals surface area contributed by atoms with Gasteiger partial charge in [-0.15, -0.1) is 0 Å². The number of aromatic nitrogens is 3. The number of halogens is 3. The van der Waals surface area contributed by atoms with E-state index in [1.165, 1.54) is 40.0 Å². The highest BCUT2D eigenvalue weighted by Gasteiger charge is 2.33. The molecule has 33 heavy (non-hydrogen) atoms. The molecule has 0 aliphatic rings. The fourth-order valence-corrected chi connectivity index (χ4v) is 3.58. The Kier molecular flexibility index (Phi) is 6.61. The maximum atomic E-state index is 14.6. The molecule has 2 aromatic heterocycles. The predicted molar refractivity (Wildman–Crippen MR) is 115 cm³/mol. The quantitative estimate of drug-likeness (QED) is 0.559. The van der Waals surface area contributed by atoms with Crippen LogP contribution < -0.4 is 21.3 Å². The van der Waals surface area contributed by atoms with Crippen LogP contribution in [-0.4, -0.2) is 33.2 Å². The number of aromatic amines is 1. The number of benzene rings is 1. The number of alkyl halides is 1. The zero-order valence-electron chi connectivity index (χ0n) is 18.4. The number of nitrogens with zero attached hydrogens (tertiary/aromatic N) is 2. The van der Waals surface area contributed by atoms with Crippen molar-refractivity contribution < 1.29 is 22.7 Å². The van der Waals surface area contributed by atoms with Crippen molar-refractivity contribution in [1.82, 2.24) is 19.9 Å². The molecule has 176 valence electrons. The van der Waals surface area contributed by atoms with E-state index in [9.17, 15) is 27.6 Å². The molecule has 3 rings (SSSR count). The first kappa shape index (κ1) is 24.0. The van der Waals surface area contributed by atoms with Gasteiger partial charge >= 0.3 is 5.69 Å². The van der Waals surface area contributed by atoms with Gasteiger partial charge in [0.25, 0.3) is 5.56 Å². The normalized spacial score (nSPS) is 13.5. The van der Waals surface area contributed by atoms with Gasteiger partial charge in [-0.25, -0.2) is 22.5 Å². The molecule has 1 amide bonds. The summed E-state index contributed by atoms with van der Waals surface area (Å²) in [7, 11) is 1.34. The number of carbonyl (C=O) groups excluding carboxylic acids is 1. The summed E-state index contributed by atoms with van der Waals surface area (Å²) in [5, 5.41) is 2.44. The fourth-order valence-electron chi connectivity index (χ4n) is 3.58. The molecule has 0 spiro atoms. The van der Waals surface area contributed by atoms with Crippen molar-refractivity contribution in [1.29, 1.82) is 0 Å². The summed E-state index contributed by atoms with van der Waals surface area (Å²) in [6, 6.07) is 2.53. The molecule has 0 saturated carbocycles. The molecule has 0 fully saturated rings. The van der Waals surface area contributed by atoms with E-state index in [0.29, 0.717) is 10.6 Å². The topological polar surface area (TPSA) is 106 Å². The molecule has 0 aliphatic heterocycles. The van der Waals surface area contributed by atoms with E-state index in [0.717, 1.165) is 6.20 Å². The predicted octanol–water partition coefficient (Wildman–Crippen LogP) is 2.93. The summed E-state index contributed by atoms with van der Waals surface area (Å²) < 4.78 is 47.7. The Bertz CT molecular complexity index is 1310. The van der Waals surface area contributed by atoms with Crippen LogP contribution in [0.2, 0.25) is 0 Å². The van der Waals surface area contributed by atoms with Gasteiger partial charge in [-0.1, -0.05) is 6.07 Å². The summed E-state index contributed by atoms with van der Waals surface area (Å²) in [6.45, 7) is 3.77. The molecule has 2 atom stereocenters. The number of ether oxygens (including phenoxy) is 1. The molecule has 2 N–H and O–H groups in total. The van der Waals surface area contributed by atoms with Gasteiger partial charge in [0, 0.05) is 12.5 Å². The standard InChI is InChI=1S/C22H23F3N4O4/c1-11(18-13(24)8-12(23)10-26-18)27-19(30)15(9-22(2,3)25)29-20(31)17-14(28-21(29)32)6-5-7-16(17)33-4/h5-8,10-11,15H,9H2,1-4H3,(H,27,30)(H,28,32)/t11-,15-/m1/s1. The molecule has 0 unspecified atom stereocenters.